The van der Waals surface area contributed by atoms with Crippen molar-refractivity contribution in [2.45, 2.75) is 37.4 Å². The average molecular weight is 434 g/mol. The number of hydrogen-bond acceptors (Lipinski definition) is 5. The zero-order valence-corrected chi connectivity index (χ0v) is 16.8. The number of carboxylic acids is 1. The standard InChI is InChI=1S/C17H24N2O2S.C2HF3O2/c20-16(15-2-1-11-22-15)18-7-5-17(6-8-18)13-21-10-9-19(17)12-14-3-4-14;3-2(4,5)1(6)7/h1-2,11,14H,3-10,12-13H2;(H,6,7). The number of likely N-dealkylation sites (tertiary alicyclic amines) is 1. The number of carbonyl (C=O) groups is 2. The van der Waals surface area contributed by atoms with Crippen molar-refractivity contribution in [2.24, 2.45) is 5.92 Å². The lowest BCUT2D eigenvalue weighted by molar-refractivity contribution is -0.192. The molecule has 1 aromatic rings. The van der Waals surface area contributed by atoms with Crippen molar-refractivity contribution in [1.82, 2.24) is 9.80 Å². The summed E-state index contributed by atoms with van der Waals surface area (Å²) in [4.78, 5) is 27.0. The lowest BCUT2D eigenvalue weighted by Gasteiger charge is -2.51. The minimum atomic E-state index is -5.08. The SMILES string of the molecule is O=C(O)C(F)(F)F.O=C(c1cccs1)N1CCC2(CC1)COCCN2CC1CC1. The Balaban J connectivity index is 0.000000298. The third-order valence-corrected chi connectivity index (χ3v) is 6.54. The Morgan fingerprint density at radius 2 is 1.90 bits per heavy atom. The normalized spacial score (nSPS) is 22.1. The molecule has 2 aliphatic heterocycles. The van der Waals surface area contributed by atoms with E-state index in [9.17, 15) is 18.0 Å². The summed E-state index contributed by atoms with van der Waals surface area (Å²) in [7, 11) is 0. The predicted octanol–water partition coefficient (Wildman–Crippen LogP) is 3.10. The summed E-state index contributed by atoms with van der Waals surface area (Å²) in [5.41, 5.74) is 0.188. The molecule has 1 aromatic heterocycles. The molecular weight excluding hydrogens is 409 g/mol. The summed E-state index contributed by atoms with van der Waals surface area (Å²) in [6.45, 7) is 5.74. The van der Waals surface area contributed by atoms with Crippen LogP contribution in [0.5, 0.6) is 0 Å². The van der Waals surface area contributed by atoms with Crippen molar-refractivity contribution in [3.8, 4) is 0 Å². The Bertz CT molecular complexity index is 699. The Labute approximate surface area is 171 Å². The fourth-order valence-electron chi connectivity index (χ4n) is 3.81. The van der Waals surface area contributed by atoms with E-state index in [1.165, 1.54) is 19.4 Å². The van der Waals surface area contributed by atoms with Gasteiger partial charge in [0.1, 0.15) is 0 Å². The van der Waals surface area contributed by atoms with E-state index in [1.54, 1.807) is 11.3 Å². The second kappa shape index (κ2) is 9.01. The van der Waals surface area contributed by atoms with Crippen molar-refractivity contribution in [1.29, 1.82) is 0 Å². The molecule has 3 heterocycles. The number of halogens is 3. The molecule has 6 nitrogen and oxygen atoms in total. The second-order valence-electron chi connectivity index (χ2n) is 7.74. The third kappa shape index (κ3) is 5.70. The average Bonchev–Trinajstić information content (AvgIpc) is 3.33. The number of alkyl halides is 3. The van der Waals surface area contributed by atoms with E-state index < -0.39 is 12.1 Å². The van der Waals surface area contributed by atoms with Gasteiger partial charge in [-0.25, -0.2) is 4.79 Å². The highest BCUT2D eigenvalue weighted by Crippen LogP contribution is 2.37. The maximum Gasteiger partial charge on any atom is 0.490 e. The summed E-state index contributed by atoms with van der Waals surface area (Å²) in [6.07, 6.45) is -0.180. The van der Waals surface area contributed by atoms with Gasteiger partial charge in [-0.15, -0.1) is 11.3 Å². The molecule has 3 fully saturated rings. The van der Waals surface area contributed by atoms with Crippen LogP contribution >= 0.6 is 11.3 Å². The Hall–Kier alpha value is -1.65. The first kappa shape index (κ1) is 22.0. The fourth-order valence-corrected chi connectivity index (χ4v) is 4.50. The number of rotatable bonds is 3. The van der Waals surface area contributed by atoms with Crippen LogP contribution < -0.4 is 0 Å². The number of morpholine rings is 1. The van der Waals surface area contributed by atoms with E-state index in [0.717, 1.165) is 56.5 Å². The summed E-state index contributed by atoms with van der Waals surface area (Å²) in [5, 5.41) is 9.10. The molecule has 0 atom stereocenters. The van der Waals surface area contributed by atoms with Crippen LogP contribution in [0, 0.1) is 5.92 Å². The van der Waals surface area contributed by atoms with Crippen LogP contribution in [-0.4, -0.2) is 77.9 Å². The second-order valence-corrected chi connectivity index (χ2v) is 8.69. The molecule has 29 heavy (non-hydrogen) atoms. The van der Waals surface area contributed by atoms with Crippen LogP contribution in [0.25, 0.3) is 0 Å². The number of carbonyl (C=O) groups excluding carboxylic acids is 1. The van der Waals surface area contributed by atoms with Crippen LogP contribution in [-0.2, 0) is 9.53 Å². The van der Waals surface area contributed by atoms with Gasteiger partial charge in [-0.1, -0.05) is 6.07 Å². The number of amides is 1. The zero-order chi connectivity index (χ0) is 21.1. The van der Waals surface area contributed by atoms with E-state index in [1.807, 2.05) is 22.4 Å². The first-order valence-electron chi connectivity index (χ1n) is 9.67. The number of thiophene rings is 1. The first-order valence-corrected chi connectivity index (χ1v) is 10.5. The van der Waals surface area contributed by atoms with Crippen molar-refractivity contribution in [3.05, 3.63) is 22.4 Å². The van der Waals surface area contributed by atoms with Gasteiger partial charge in [0.25, 0.3) is 5.91 Å². The molecule has 2 saturated heterocycles. The molecule has 1 aliphatic carbocycles. The summed E-state index contributed by atoms with van der Waals surface area (Å²) < 4.78 is 37.6. The van der Waals surface area contributed by atoms with Crippen LogP contribution in [0.2, 0.25) is 0 Å². The Morgan fingerprint density at radius 3 is 2.41 bits per heavy atom. The lowest BCUT2D eigenvalue weighted by Crippen LogP contribution is -2.62. The lowest BCUT2D eigenvalue weighted by atomic mass is 9.85. The van der Waals surface area contributed by atoms with E-state index in [-0.39, 0.29) is 11.4 Å². The maximum absolute atomic E-state index is 12.5. The monoisotopic (exact) mass is 434 g/mol. The van der Waals surface area contributed by atoms with E-state index in [4.69, 9.17) is 14.6 Å². The van der Waals surface area contributed by atoms with Gasteiger partial charge < -0.3 is 14.7 Å². The molecule has 1 saturated carbocycles. The topological polar surface area (TPSA) is 70.1 Å². The highest BCUT2D eigenvalue weighted by Gasteiger charge is 2.44. The largest absolute Gasteiger partial charge is 0.490 e. The van der Waals surface area contributed by atoms with Gasteiger partial charge >= 0.3 is 12.1 Å². The molecule has 0 aromatic carbocycles. The van der Waals surface area contributed by atoms with Gasteiger partial charge in [0.2, 0.25) is 0 Å². The van der Waals surface area contributed by atoms with E-state index in [0.29, 0.717) is 0 Å². The highest BCUT2D eigenvalue weighted by atomic mass is 32.1. The minimum Gasteiger partial charge on any atom is -0.475 e. The number of piperidine rings is 1. The van der Waals surface area contributed by atoms with Crippen LogP contribution in [0.4, 0.5) is 13.2 Å². The molecule has 0 unspecified atom stereocenters. The van der Waals surface area contributed by atoms with Gasteiger partial charge in [0.15, 0.2) is 0 Å². The smallest absolute Gasteiger partial charge is 0.475 e. The molecule has 10 heteroatoms. The van der Waals surface area contributed by atoms with Crippen molar-refractivity contribution in [3.63, 3.8) is 0 Å². The van der Waals surface area contributed by atoms with Crippen molar-refractivity contribution in [2.75, 3.05) is 39.4 Å². The zero-order valence-electron chi connectivity index (χ0n) is 16.0. The van der Waals surface area contributed by atoms with Gasteiger partial charge in [0.05, 0.1) is 18.1 Å². The Morgan fingerprint density at radius 1 is 1.24 bits per heavy atom. The predicted molar refractivity (Wildman–Crippen MR) is 101 cm³/mol. The molecule has 0 radical (unpaired) electrons. The number of aliphatic carboxylic acids is 1. The van der Waals surface area contributed by atoms with Crippen LogP contribution in [0.3, 0.4) is 0 Å². The molecule has 162 valence electrons. The van der Waals surface area contributed by atoms with Gasteiger partial charge in [-0.2, -0.15) is 13.2 Å². The molecule has 1 spiro atoms. The van der Waals surface area contributed by atoms with Crippen LogP contribution in [0.1, 0.15) is 35.4 Å². The number of ether oxygens (including phenoxy) is 1. The molecule has 1 amide bonds. The number of nitrogens with zero attached hydrogens (tertiary/aromatic N) is 2. The van der Waals surface area contributed by atoms with E-state index in [2.05, 4.69) is 4.90 Å². The molecule has 1 N–H and O–H groups in total. The number of carboxylic acid groups (broad SMARTS) is 1. The van der Waals surface area contributed by atoms with Gasteiger partial charge in [-0.3, -0.25) is 9.69 Å². The van der Waals surface area contributed by atoms with Gasteiger partial charge in [-0.05, 0) is 43.0 Å². The summed E-state index contributed by atoms with van der Waals surface area (Å²) in [5.74, 6) is -1.64. The summed E-state index contributed by atoms with van der Waals surface area (Å²) >= 11 is 1.54. The molecular formula is C19H25F3N2O4S. The molecule has 3 aliphatic rings. The van der Waals surface area contributed by atoms with Gasteiger partial charge in [0, 0.05) is 31.7 Å². The molecule has 4 rings (SSSR count). The minimum absolute atomic E-state index is 0.188. The Kier molecular flexibility index (Phi) is 6.85. The number of hydrogen-bond donors (Lipinski definition) is 1. The molecule has 0 bridgehead atoms. The van der Waals surface area contributed by atoms with Crippen molar-refractivity contribution >= 4 is 23.2 Å². The summed E-state index contributed by atoms with van der Waals surface area (Å²) in [6, 6.07) is 3.89. The quantitative estimate of drug-likeness (QED) is 0.792. The van der Waals surface area contributed by atoms with E-state index >= 15 is 0 Å². The third-order valence-electron chi connectivity index (χ3n) is 5.68. The maximum atomic E-state index is 12.5. The van der Waals surface area contributed by atoms with Crippen LogP contribution in [0.15, 0.2) is 17.5 Å². The first-order chi connectivity index (χ1) is 13.7. The van der Waals surface area contributed by atoms with Crippen molar-refractivity contribution < 1.29 is 32.6 Å². The fraction of sp³-hybridized carbons (Fsp3) is 0.684. The highest BCUT2D eigenvalue weighted by molar-refractivity contribution is 7.12.